The van der Waals surface area contributed by atoms with Crippen molar-refractivity contribution in [2.45, 2.75) is 71.8 Å². The number of aromatic nitrogens is 2. The lowest BCUT2D eigenvalue weighted by Crippen LogP contribution is -2.24. The highest BCUT2D eigenvalue weighted by atomic mass is 32.1. The molecule has 3 rings (SSSR count). The highest BCUT2D eigenvalue weighted by Gasteiger charge is 2.20. The number of hydrogen-bond acceptors (Lipinski definition) is 3. The maximum atomic E-state index is 12.9. The minimum Gasteiger partial charge on any atom is -0.296 e. The number of rotatable bonds is 5. The minimum absolute atomic E-state index is 0.202. The van der Waals surface area contributed by atoms with Crippen molar-refractivity contribution in [2.24, 2.45) is 0 Å². The predicted octanol–water partition coefficient (Wildman–Crippen LogP) is 4.23. The van der Waals surface area contributed by atoms with Crippen LogP contribution in [0.4, 0.5) is 0 Å². The van der Waals surface area contributed by atoms with E-state index >= 15 is 0 Å². The van der Waals surface area contributed by atoms with Gasteiger partial charge in [0.2, 0.25) is 0 Å². The van der Waals surface area contributed by atoms with Crippen LogP contribution in [0.3, 0.4) is 0 Å². The molecule has 0 aromatic carbocycles. The smallest absolute Gasteiger partial charge is 0.262 e. The Bertz CT molecular complexity index is 699. The Morgan fingerprint density at radius 1 is 1.19 bits per heavy atom. The summed E-state index contributed by atoms with van der Waals surface area (Å²) in [6.45, 7) is 5.00. The molecular formula is C17H24N2OS. The standard InChI is InChI=1S/C17H24N2OS/c1-3-4-5-8-11-19-12(2)18-16-15(17(19)20)13-9-6-7-10-14(13)21-16/h3-11H2,1-2H3. The molecule has 0 aliphatic heterocycles. The fourth-order valence-corrected chi connectivity index (χ4v) is 4.60. The summed E-state index contributed by atoms with van der Waals surface area (Å²) in [6, 6.07) is 0. The predicted molar refractivity (Wildman–Crippen MR) is 89.4 cm³/mol. The van der Waals surface area contributed by atoms with Crippen molar-refractivity contribution in [1.29, 1.82) is 0 Å². The number of fused-ring (bicyclic) bond motifs is 3. The van der Waals surface area contributed by atoms with Crippen molar-refractivity contribution in [2.75, 3.05) is 0 Å². The fraction of sp³-hybridized carbons (Fsp3) is 0.647. The Labute approximate surface area is 130 Å². The Balaban J connectivity index is 1.99. The van der Waals surface area contributed by atoms with Gasteiger partial charge < -0.3 is 0 Å². The first kappa shape index (κ1) is 14.8. The topological polar surface area (TPSA) is 34.9 Å². The molecule has 1 aliphatic rings. The molecule has 114 valence electrons. The quantitative estimate of drug-likeness (QED) is 0.775. The van der Waals surface area contributed by atoms with E-state index < -0.39 is 0 Å². The second-order valence-electron chi connectivity index (χ2n) is 6.07. The highest BCUT2D eigenvalue weighted by molar-refractivity contribution is 7.18. The number of nitrogens with zero attached hydrogens (tertiary/aromatic N) is 2. The number of hydrogen-bond donors (Lipinski definition) is 0. The third-order valence-corrected chi connectivity index (χ3v) is 5.69. The Morgan fingerprint density at radius 2 is 2.00 bits per heavy atom. The molecule has 0 bridgehead atoms. The van der Waals surface area contributed by atoms with Crippen LogP contribution in [0.1, 0.15) is 61.7 Å². The fourth-order valence-electron chi connectivity index (χ4n) is 3.30. The van der Waals surface area contributed by atoms with Crippen LogP contribution in [0.15, 0.2) is 4.79 Å². The number of aryl methyl sites for hydroxylation is 3. The highest BCUT2D eigenvalue weighted by Crippen LogP contribution is 2.33. The van der Waals surface area contributed by atoms with E-state index in [9.17, 15) is 4.79 Å². The van der Waals surface area contributed by atoms with Gasteiger partial charge in [-0.3, -0.25) is 9.36 Å². The molecule has 0 radical (unpaired) electrons. The van der Waals surface area contributed by atoms with Gasteiger partial charge >= 0.3 is 0 Å². The van der Waals surface area contributed by atoms with E-state index in [0.717, 1.165) is 41.8 Å². The molecule has 2 aromatic rings. The second-order valence-corrected chi connectivity index (χ2v) is 7.15. The van der Waals surface area contributed by atoms with E-state index in [1.807, 2.05) is 11.5 Å². The monoisotopic (exact) mass is 304 g/mol. The average Bonchev–Trinajstić information content (AvgIpc) is 2.84. The summed E-state index contributed by atoms with van der Waals surface area (Å²) in [5.74, 6) is 0.877. The van der Waals surface area contributed by atoms with Crippen LogP contribution in [-0.4, -0.2) is 9.55 Å². The molecule has 0 unspecified atom stereocenters. The molecule has 0 atom stereocenters. The summed E-state index contributed by atoms with van der Waals surface area (Å²) in [4.78, 5) is 20.0. The van der Waals surface area contributed by atoms with Crippen molar-refractivity contribution in [1.82, 2.24) is 9.55 Å². The van der Waals surface area contributed by atoms with Gasteiger partial charge in [0.05, 0.1) is 5.39 Å². The molecule has 2 aromatic heterocycles. The van der Waals surface area contributed by atoms with E-state index in [0.29, 0.717) is 0 Å². The molecule has 0 amide bonds. The maximum Gasteiger partial charge on any atom is 0.262 e. The van der Waals surface area contributed by atoms with Crippen LogP contribution in [0.5, 0.6) is 0 Å². The second kappa shape index (κ2) is 6.30. The largest absolute Gasteiger partial charge is 0.296 e. The Morgan fingerprint density at radius 3 is 2.81 bits per heavy atom. The summed E-state index contributed by atoms with van der Waals surface area (Å²) < 4.78 is 1.90. The first-order valence-electron chi connectivity index (χ1n) is 8.24. The van der Waals surface area contributed by atoms with Crippen LogP contribution in [-0.2, 0) is 19.4 Å². The van der Waals surface area contributed by atoms with Gasteiger partial charge in [-0.25, -0.2) is 4.98 Å². The zero-order chi connectivity index (χ0) is 14.8. The van der Waals surface area contributed by atoms with Crippen LogP contribution in [0.25, 0.3) is 10.2 Å². The van der Waals surface area contributed by atoms with Crippen molar-refractivity contribution < 1.29 is 0 Å². The van der Waals surface area contributed by atoms with Gasteiger partial charge in [0.1, 0.15) is 10.7 Å². The molecule has 0 fully saturated rings. The first-order chi connectivity index (χ1) is 10.2. The van der Waals surface area contributed by atoms with Gasteiger partial charge in [0.15, 0.2) is 0 Å². The summed E-state index contributed by atoms with van der Waals surface area (Å²) >= 11 is 1.74. The molecule has 4 heteroatoms. The van der Waals surface area contributed by atoms with E-state index in [2.05, 4.69) is 6.92 Å². The zero-order valence-corrected chi connectivity index (χ0v) is 13.9. The van der Waals surface area contributed by atoms with Gasteiger partial charge in [0, 0.05) is 11.4 Å². The lowest BCUT2D eigenvalue weighted by atomic mass is 9.97. The van der Waals surface area contributed by atoms with Crippen LogP contribution in [0, 0.1) is 6.92 Å². The van der Waals surface area contributed by atoms with Crippen molar-refractivity contribution in [3.05, 3.63) is 26.6 Å². The molecule has 1 aliphatic carbocycles. The van der Waals surface area contributed by atoms with Crippen LogP contribution >= 0.6 is 11.3 Å². The van der Waals surface area contributed by atoms with E-state index in [4.69, 9.17) is 4.98 Å². The molecule has 3 nitrogen and oxygen atoms in total. The molecule has 0 saturated heterocycles. The van der Waals surface area contributed by atoms with Gasteiger partial charge in [-0.1, -0.05) is 26.2 Å². The van der Waals surface area contributed by atoms with E-state index in [1.54, 1.807) is 11.3 Å². The van der Waals surface area contributed by atoms with Crippen molar-refractivity contribution in [3.63, 3.8) is 0 Å². The molecular weight excluding hydrogens is 280 g/mol. The summed E-state index contributed by atoms with van der Waals surface area (Å²) in [7, 11) is 0. The third-order valence-electron chi connectivity index (χ3n) is 4.50. The van der Waals surface area contributed by atoms with Gasteiger partial charge in [0.25, 0.3) is 5.56 Å². The van der Waals surface area contributed by atoms with Crippen molar-refractivity contribution in [3.8, 4) is 0 Å². The molecule has 0 saturated carbocycles. The van der Waals surface area contributed by atoms with E-state index in [-0.39, 0.29) is 5.56 Å². The maximum absolute atomic E-state index is 12.9. The average molecular weight is 304 g/mol. The molecule has 0 N–H and O–H groups in total. The Kier molecular flexibility index (Phi) is 4.43. The molecule has 2 heterocycles. The third kappa shape index (κ3) is 2.78. The zero-order valence-electron chi connectivity index (χ0n) is 13.1. The van der Waals surface area contributed by atoms with Crippen molar-refractivity contribution >= 4 is 21.6 Å². The van der Waals surface area contributed by atoms with E-state index in [1.165, 1.54) is 42.5 Å². The first-order valence-corrected chi connectivity index (χ1v) is 9.05. The van der Waals surface area contributed by atoms with Gasteiger partial charge in [-0.15, -0.1) is 11.3 Å². The lowest BCUT2D eigenvalue weighted by Gasteiger charge is -2.12. The SMILES string of the molecule is CCCCCCn1c(C)nc2sc3c(c2c1=O)CCCC3. The minimum atomic E-state index is 0.202. The molecule has 0 spiro atoms. The van der Waals surface area contributed by atoms with Crippen LogP contribution < -0.4 is 5.56 Å². The van der Waals surface area contributed by atoms with Gasteiger partial charge in [-0.2, -0.15) is 0 Å². The van der Waals surface area contributed by atoms with Crippen LogP contribution in [0.2, 0.25) is 0 Å². The Hall–Kier alpha value is -1.16. The molecule has 21 heavy (non-hydrogen) atoms. The number of thiophene rings is 1. The van der Waals surface area contributed by atoms with Gasteiger partial charge in [-0.05, 0) is 44.6 Å². The normalized spacial score (nSPS) is 14.6. The lowest BCUT2D eigenvalue weighted by molar-refractivity contribution is 0.556. The summed E-state index contributed by atoms with van der Waals surface area (Å²) in [5.41, 5.74) is 1.51. The number of unbranched alkanes of at least 4 members (excludes halogenated alkanes) is 3. The summed E-state index contributed by atoms with van der Waals surface area (Å²) in [5, 5.41) is 0.927. The summed E-state index contributed by atoms with van der Waals surface area (Å²) in [6.07, 6.45) is 9.40.